The number of nitrogens with one attached hydrogen (secondary N) is 1. The summed E-state index contributed by atoms with van der Waals surface area (Å²) in [5.41, 5.74) is 1.03. The largest absolute Gasteiger partial charge is 0.493 e. The summed E-state index contributed by atoms with van der Waals surface area (Å²) in [5, 5.41) is 2.77. The van der Waals surface area contributed by atoms with Gasteiger partial charge in [-0.25, -0.2) is 0 Å². The smallest absolute Gasteiger partial charge is 0.265 e. The zero-order chi connectivity index (χ0) is 18.2. The minimum Gasteiger partial charge on any atom is -0.493 e. The van der Waals surface area contributed by atoms with E-state index in [-0.39, 0.29) is 5.91 Å². The Balaban J connectivity index is 2.07. The molecular weight excluding hydrogens is 386 g/mol. The molecule has 6 heteroatoms. The van der Waals surface area contributed by atoms with Crippen LogP contribution in [0.2, 0.25) is 0 Å². The van der Waals surface area contributed by atoms with Crippen LogP contribution >= 0.6 is 15.9 Å². The first-order chi connectivity index (χ1) is 12.0. The van der Waals surface area contributed by atoms with E-state index in [0.29, 0.717) is 35.6 Å². The summed E-state index contributed by atoms with van der Waals surface area (Å²) in [6, 6.07) is 12.2. The zero-order valence-corrected chi connectivity index (χ0v) is 15.7. The van der Waals surface area contributed by atoms with Crippen molar-refractivity contribution in [2.24, 2.45) is 0 Å². The summed E-state index contributed by atoms with van der Waals surface area (Å²) in [6.07, 6.45) is 0.791. The number of hydrogen-bond donors (Lipinski definition) is 1. The SMILES string of the molecule is CCCOc1ccc(C=O)c(O[C@H](C)C(=O)Nc2ccc(Br)cc2)c1. The fraction of sp³-hybridized carbons (Fsp3) is 0.263. The third-order valence-corrected chi connectivity index (χ3v) is 3.90. The highest BCUT2D eigenvalue weighted by Crippen LogP contribution is 2.25. The van der Waals surface area contributed by atoms with Gasteiger partial charge in [0.1, 0.15) is 11.5 Å². The van der Waals surface area contributed by atoms with Gasteiger partial charge in [0.25, 0.3) is 5.91 Å². The number of hydrogen-bond acceptors (Lipinski definition) is 4. The van der Waals surface area contributed by atoms with Crippen LogP contribution < -0.4 is 14.8 Å². The van der Waals surface area contributed by atoms with Crippen molar-refractivity contribution in [3.8, 4) is 11.5 Å². The molecule has 0 heterocycles. The number of halogens is 1. The molecule has 2 aromatic carbocycles. The second kappa shape index (κ2) is 9.22. The summed E-state index contributed by atoms with van der Waals surface area (Å²) < 4.78 is 12.2. The molecule has 5 nitrogen and oxygen atoms in total. The van der Waals surface area contributed by atoms with E-state index >= 15 is 0 Å². The van der Waals surface area contributed by atoms with Crippen LogP contribution in [-0.4, -0.2) is 24.9 Å². The Hall–Kier alpha value is -2.34. The van der Waals surface area contributed by atoms with Gasteiger partial charge in [0, 0.05) is 16.2 Å². The lowest BCUT2D eigenvalue weighted by Gasteiger charge is -2.17. The molecule has 0 aliphatic heterocycles. The third kappa shape index (κ3) is 5.60. The number of carbonyl (C=O) groups is 2. The number of amides is 1. The zero-order valence-electron chi connectivity index (χ0n) is 14.1. The van der Waals surface area contributed by atoms with Crippen molar-refractivity contribution >= 4 is 33.8 Å². The second-order valence-corrected chi connectivity index (χ2v) is 6.34. The maximum atomic E-state index is 12.3. The molecule has 1 atom stereocenters. The van der Waals surface area contributed by atoms with Crippen LogP contribution in [0.25, 0.3) is 0 Å². The molecule has 0 unspecified atom stereocenters. The maximum Gasteiger partial charge on any atom is 0.265 e. The summed E-state index contributed by atoms with van der Waals surface area (Å²) >= 11 is 3.34. The fourth-order valence-electron chi connectivity index (χ4n) is 2.04. The number of rotatable bonds is 8. The van der Waals surface area contributed by atoms with Crippen LogP contribution in [-0.2, 0) is 4.79 Å². The lowest BCUT2D eigenvalue weighted by Crippen LogP contribution is -2.30. The van der Waals surface area contributed by atoms with Gasteiger partial charge in [-0.05, 0) is 49.7 Å². The van der Waals surface area contributed by atoms with E-state index in [0.717, 1.165) is 10.9 Å². The van der Waals surface area contributed by atoms with E-state index in [1.165, 1.54) is 0 Å². The Morgan fingerprint density at radius 3 is 2.60 bits per heavy atom. The van der Waals surface area contributed by atoms with Crippen molar-refractivity contribution in [3.05, 3.63) is 52.5 Å². The lowest BCUT2D eigenvalue weighted by molar-refractivity contribution is -0.122. The summed E-state index contributed by atoms with van der Waals surface area (Å²) in [4.78, 5) is 23.5. The van der Waals surface area contributed by atoms with E-state index in [1.54, 1.807) is 37.3 Å². The molecule has 0 spiro atoms. The van der Waals surface area contributed by atoms with Gasteiger partial charge >= 0.3 is 0 Å². The van der Waals surface area contributed by atoms with Gasteiger partial charge in [0.05, 0.1) is 12.2 Å². The second-order valence-electron chi connectivity index (χ2n) is 5.42. The highest BCUT2D eigenvalue weighted by Gasteiger charge is 2.17. The molecule has 25 heavy (non-hydrogen) atoms. The molecule has 2 aromatic rings. The highest BCUT2D eigenvalue weighted by atomic mass is 79.9. The molecule has 0 saturated carbocycles. The van der Waals surface area contributed by atoms with Crippen LogP contribution in [0.3, 0.4) is 0 Å². The highest BCUT2D eigenvalue weighted by molar-refractivity contribution is 9.10. The normalized spacial score (nSPS) is 11.5. The minimum atomic E-state index is -0.774. The first-order valence-electron chi connectivity index (χ1n) is 7.98. The molecule has 1 amide bonds. The van der Waals surface area contributed by atoms with Crippen LogP contribution in [0.1, 0.15) is 30.6 Å². The number of anilines is 1. The molecule has 0 saturated heterocycles. The molecular formula is C19H20BrNO4. The van der Waals surface area contributed by atoms with E-state index in [2.05, 4.69) is 21.2 Å². The van der Waals surface area contributed by atoms with Gasteiger partial charge < -0.3 is 14.8 Å². The molecule has 0 bridgehead atoms. The van der Waals surface area contributed by atoms with E-state index in [1.807, 2.05) is 19.1 Å². The van der Waals surface area contributed by atoms with Crippen molar-refractivity contribution in [1.29, 1.82) is 0 Å². The molecule has 1 N–H and O–H groups in total. The first kappa shape index (κ1) is 19.0. The Bertz CT molecular complexity index is 731. The van der Waals surface area contributed by atoms with E-state index < -0.39 is 6.10 Å². The Kier molecular flexibility index (Phi) is 7.01. The Morgan fingerprint density at radius 1 is 1.24 bits per heavy atom. The molecule has 0 aromatic heterocycles. The van der Waals surface area contributed by atoms with Gasteiger partial charge in [0.2, 0.25) is 0 Å². The van der Waals surface area contributed by atoms with Crippen molar-refractivity contribution in [3.63, 3.8) is 0 Å². The number of benzene rings is 2. The molecule has 0 aliphatic rings. The standard InChI is InChI=1S/C19H20BrNO4/c1-3-10-24-17-9-4-14(12-22)18(11-17)25-13(2)19(23)21-16-7-5-15(20)6-8-16/h4-9,11-13H,3,10H2,1-2H3,(H,21,23)/t13-/m1/s1. The molecule has 132 valence electrons. The van der Waals surface area contributed by atoms with Crippen LogP contribution in [0.4, 0.5) is 5.69 Å². The van der Waals surface area contributed by atoms with Crippen LogP contribution in [0.5, 0.6) is 11.5 Å². The maximum absolute atomic E-state index is 12.3. The van der Waals surface area contributed by atoms with Crippen molar-refractivity contribution < 1.29 is 19.1 Å². The van der Waals surface area contributed by atoms with Crippen molar-refractivity contribution in [1.82, 2.24) is 0 Å². The summed E-state index contributed by atoms with van der Waals surface area (Å²) in [7, 11) is 0. The first-order valence-corrected chi connectivity index (χ1v) is 8.78. The van der Waals surface area contributed by atoms with Gasteiger partial charge in [-0.3, -0.25) is 9.59 Å². The van der Waals surface area contributed by atoms with Gasteiger partial charge in [-0.2, -0.15) is 0 Å². The number of aldehydes is 1. The van der Waals surface area contributed by atoms with Crippen LogP contribution in [0.15, 0.2) is 46.9 Å². The predicted molar refractivity (Wildman–Crippen MR) is 100 cm³/mol. The molecule has 2 rings (SSSR count). The summed E-state index contributed by atoms with van der Waals surface area (Å²) in [6.45, 7) is 4.20. The summed E-state index contributed by atoms with van der Waals surface area (Å²) in [5.74, 6) is 0.615. The fourth-order valence-corrected chi connectivity index (χ4v) is 2.31. The van der Waals surface area contributed by atoms with Gasteiger partial charge in [0.15, 0.2) is 12.4 Å². The monoisotopic (exact) mass is 405 g/mol. The van der Waals surface area contributed by atoms with Gasteiger partial charge in [-0.1, -0.05) is 22.9 Å². The Labute approximate surface area is 155 Å². The topological polar surface area (TPSA) is 64.6 Å². The lowest BCUT2D eigenvalue weighted by atomic mass is 10.2. The average Bonchev–Trinajstić information content (AvgIpc) is 2.62. The Morgan fingerprint density at radius 2 is 1.96 bits per heavy atom. The van der Waals surface area contributed by atoms with Crippen LogP contribution in [0, 0.1) is 0 Å². The number of ether oxygens (including phenoxy) is 2. The molecule has 0 aliphatic carbocycles. The minimum absolute atomic E-state index is 0.306. The molecule has 0 radical (unpaired) electrons. The number of carbonyl (C=O) groups excluding carboxylic acids is 2. The van der Waals surface area contributed by atoms with Gasteiger partial charge in [-0.15, -0.1) is 0 Å². The van der Waals surface area contributed by atoms with E-state index in [9.17, 15) is 9.59 Å². The quantitative estimate of drug-likeness (QED) is 0.658. The van der Waals surface area contributed by atoms with Crippen molar-refractivity contribution in [2.45, 2.75) is 26.4 Å². The third-order valence-electron chi connectivity index (χ3n) is 3.37. The predicted octanol–water partition coefficient (Wildman–Crippen LogP) is 4.46. The molecule has 0 fully saturated rings. The average molecular weight is 406 g/mol. The van der Waals surface area contributed by atoms with Crippen molar-refractivity contribution in [2.75, 3.05) is 11.9 Å². The van der Waals surface area contributed by atoms with E-state index in [4.69, 9.17) is 9.47 Å².